The van der Waals surface area contributed by atoms with Gasteiger partial charge in [-0.25, -0.2) is 27.9 Å². The van der Waals surface area contributed by atoms with Gasteiger partial charge in [0.05, 0.1) is 59.7 Å². The van der Waals surface area contributed by atoms with E-state index in [1.165, 1.54) is 18.2 Å². The third-order valence-electron chi connectivity index (χ3n) is 16.7. The van der Waals surface area contributed by atoms with Crippen molar-refractivity contribution in [1.82, 2.24) is 39.3 Å². The topological polar surface area (TPSA) is 229 Å². The van der Waals surface area contributed by atoms with E-state index in [4.69, 9.17) is 14.2 Å². The first-order chi connectivity index (χ1) is 41.5. The Hall–Kier alpha value is -7.13. The van der Waals surface area contributed by atoms with Gasteiger partial charge in [0, 0.05) is 113 Å². The zero-order chi connectivity index (χ0) is 61.9. The van der Waals surface area contributed by atoms with Crippen LogP contribution in [0.3, 0.4) is 0 Å². The lowest BCUT2D eigenvalue weighted by atomic mass is 9.85. The van der Waals surface area contributed by atoms with Gasteiger partial charge in [-0.15, -0.1) is 11.3 Å². The predicted octanol–water partition coefficient (Wildman–Crippen LogP) is 6.97. The number of carbonyl (C=O) groups is 5. The van der Waals surface area contributed by atoms with Crippen LogP contribution in [0.5, 0.6) is 0 Å². The summed E-state index contributed by atoms with van der Waals surface area (Å²) in [7, 11) is -2.86. The number of amides is 2. The number of ketones is 2. The zero-order valence-electron chi connectivity index (χ0n) is 49.5. The van der Waals surface area contributed by atoms with Gasteiger partial charge in [-0.2, -0.15) is 12.7 Å². The quantitative estimate of drug-likeness (QED) is 0.0334. The molecule has 2 amide bonds. The number of anilines is 2. The summed E-state index contributed by atoms with van der Waals surface area (Å²) in [5.41, 5.74) is 5.05. The summed E-state index contributed by atoms with van der Waals surface area (Å²) in [6, 6.07) is 17.6. The van der Waals surface area contributed by atoms with Crippen molar-refractivity contribution in [2.24, 2.45) is 5.41 Å². The Morgan fingerprint density at radius 1 is 0.885 bits per heavy atom. The third kappa shape index (κ3) is 14.4. The maximum absolute atomic E-state index is 15.9. The number of hydrogen-bond donors (Lipinski definition) is 3. The van der Waals surface area contributed by atoms with Crippen LogP contribution in [-0.2, 0) is 50.0 Å². The van der Waals surface area contributed by atoms with E-state index in [9.17, 15) is 36.8 Å². The lowest BCUT2D eigenvalue weighted by molar-refractivity contribution is -0.162. The van der Waals surface area contributed by atoms with Gasteiger partial charge in [-0.1, -0.05) is 57.2 Å². The second-order valence-corrected chi connectivity index (χ2v) is 26.3. The minimum Gasteiger partial charge on any atom is -0.458 e. The monoisotopic (exact) mass is 1240 g/mol. The third-order valence-corrected chi connectivity index (χ3v) is 19.2. The first-order valence-electron chi connectivity index (χ1n) is 29.2. The van der Waals surface area contributed by atoms with E-state index < -0.39 is 93.2 Å². The molecule has 4 aliphatic rings. The molecule has 0 bridgehead atoms. The van der Waals surface area contributed by atoms with Gasteiger partial charge < -0.3 is 34.3 Å². The highest BCUT2D eigenvalue weighted by atomic mass is 32.2. The van der Waals surface area contributed by atoms with Crippen LogP contribution in [0.4, 0.5) is 24.5 Å². The number of carbonyl (C=O) groups excluding carboxylic acids is 5. The van der Waals surface area contributed by atoms with Crippen LogP contribution in [-0.4, -0.2) is 194 Å². The maximum atomic E-state index is 15.9. The van der Waals surface area contributed by atoms with Crippen LogP contribution in [0.15, 0.2) is 84.6 Å². The Kier molecular flexibility index (Phi) is 19.3. The Labute approximate surface area is 507 Å². The van der Waals surface area contributed by atoms with Crippen molar-refractivity contribution in [3.05, 3.63) is 119 Å². The predicted molar refractivity (Wildman–Crippen MR) is 323 cm³/mol. The number of esters is 1. The molecule has 20 nitrogen and oxygen atoms in total. The number of pyridine rings is 1. The molecule has 3 aromatic heterocycles. The van der Waals surface area contributed by atoms with Crippen LogP contribution >= 0.6 is 11.3 Å². The SMILES string of the molecule is COCCOC(C)C(=O)O[C@@H]1C[C@@H](C(=O)CCc2ccc(-c3scnc3C)cc2)N(C(=O)[C@@H](NC(=O)CN2CC(N3CCN(c4ccc(-c5cnc6[nH]cc(C(=O)c7c(F)ccc(NS(=O)(=O)N8CC[C@@H](F)C8)c7F)c6c5)cc4)CC3)C2)C(C)(C)C)C1. The average Bonchev–Trinajstić information content (AvgIpc) is 3.87. The number of Topliss-reactive ketones (excluding diaryl/α,β-unsaturated/α-hetero) is 1. The summed E-state index contributed by atoms with van der Waals surface area (Å²) in [4.78, 5) is 90.9. The van der Waals surface area contributed by atoms with E-state index >= 15 is 8.78 Å². The number of rotatable bonds is 23. The fourth-order valence-corrected chi connectivity index (χ4v) is 13.8. The van der Waals surface area contributed by atoms with E-state index in [1.807, 2.05) is 91.4 Å². The molecule has 7 heterocycles. The number of fused-ring (bicyclic) bond motifs is 1. The number of aryl methyl sites for hydroxylation is 2. The number of H-pyrrole nitrogens is 1. The summed E-state index contributed by atoms with van der Waals surface area (Å²) in [5, 5.41) is 3.33. The summed E-state index contributed by atoms with van der Waals surface area (Å²) < 4.78 is 90.0. The van der Waals surface area contributed by atoms with Crippen molar-refractivity contribution in [1.29, 1.82) is 0 Å². The zero-order valence-corrected chi connectivity index (χ0v) is 51.2. The lowest BCUT2D eigenvalue weighted by Gasteiger charge is -2.48. The summed E-state index contributed by atoms with van der Waals surface area (Å²) >= 11 is 1.57. The molecule has 4 fully saturated rings. The standard InChI is InChI=1S/C62H73F3N10O10S2/c1-37-57(86-36-68-37)41-10-7-39(8-11-41)9-18-52(76)51-28-46(85-61(80)38(2)84-26-25-83-6)34-75(51)60(79)58(62(3,4)5)69-53(77)35-71-32-45(33-71)73-23-21-72(22-24-73)44-14-12-40(13-15-44)42-27-47-48(30-67-59(47)66-29-42)56(78)54-49(64)16-17-50(55(54)65)70-87(81,82)74-20-19-43(63)31-74/h7-8,10-17,27,29-30,36,38,43,45-46,51,58,70H,9,18-26,28,31-35H2,1-6H3,(H,66,67)(H,69,77)/t38?,43-,46-,51+,58-/m1/s1. The molecule has 5 atom stereocenters. The molecule has 25 heteroatoms. The molecular weight excluding hydrogens is 1170 g/mol. The lowest BCUT2D eigenvalue weighted by Crippen LogP contribution is -2.65. The van der Waals surface area contributed by atoms with Gasteiger partial charge in [0.1, 0.15) is 29.8 Å². The normalized spacial score (nSPS) is 19.7. The van der Waals surface area contributed by atoms with Crippen molar-refractivity contribution in [2.45, 2.75) is 96.8 Å². The van der Waals surface area contributed by atoms with Gasteiger partial charge >= 0.3 is 16.2 Å². The highest BCUT2D eigenvalue weighted by Gasteiger charge is 2.46. The van der Waals surface area contributed by atoms with E-state index in [0.717, 1.165) is 75.6 Å². The molecular formula is C62H73F3N10O10S2. The van der Waals surface area contributed by atoms with E-state index in [2.05, 4.69) is 30.1 Å². The first kappa shape index (κ1) is 62.9. The molecule has 0 saturated carbocycles. The van der Waals surface area contributed by atoms with Crippen LogP contribution in [0.1, 0.15) is 74.1 Å². The van der Waals surface area contributed by atoms with E-state index in [1.54, 1.807) is 30.5 Å². The number of nitrogens with one attached hydrogen (secondary N) is 3. The van der Waals surface area contributed by atoms with Crippen molar-refractivity contribution >= 4 is 73.3 Å². The minimum absolute atomic E-state index is 0.0137. The Morgan fingerprint density at radius 3 is 2.28 bits per heavy atom. The number of likely N-dealkylation sites (tertiary alicyclic amines) is 2. The number of benzene rings is 3. The summed E-state index contributed by atoms with van der Waals surface area (Å²) in [5.74, 6) is -5.13. The number of hydrogen-bond acceptors (Lipinski definition) is 16. The molecule has 1 unspecified atom stereocenters. The molecule has 6 aromatic rings. The average molecular weight is 1240 g/mol. The van der Waals surface area contributed by atoms with Crippen LogP contribution in [0, 0.1) is 24.0 Å². The highest BCUT2D eigenvalue weighted by Crippen LogP contribution is 2.34. The van der Waals surface area contributed by atoms with Gasteiger partial charge in [0.25, 0.3) is 0 Å². The van der Waals surface area contributed by atoms with Crippen molar-refractivity contribution < 1.29 is 59.8 Å². The molecule has 87 heavy (non-hydrogen) atoms. The fraction of sp³-hybridized carbons (Fsp3) is 0.468. The van der Waals surface area contributed by atoms with Gasteiger partial charge in [0.2, 0.25) is 17.6 Å². The molecule has 0 aliphatic carbocycles. The first-order valence-corrected chi connectivity index (χ1v) is 31.5. The Bertz CT molecular complexity index is 3610. The second-order valence-electron chi connectivity index (χ2n) is 23.8. The number of ether oxygens (including phenoxy) is 3. The number of thiazole rings is 1. The molecule has 3 N–H and O–H groups in total. The van der Waals surface area contributed by atoms with E-state index in [-0.39, 0.29) is 68.8 Å². The fourth-order valence-electron chi connectivity index (χ4n) is 11.7. The number of aromatic amines is 1. The van der Waals surface area contributed by atoms with Crippen LogP contribution in [0.25, 0.3) is 32.6 Å². The Morgan fingerprint density at radius 2 is 1.61 bits per heavy atom. The van der Waals surface area contributed by atoms with Crippen LogP contribution < -0.4 is 14.9 Å². The Balaban J connectivity index is 0.719. The molecule has 0 spiro atoms. The smallest absolute Gasteiger partial charge is 0.335 e. The number of piperazine rings is 1. The molecule has 4 saturated heterocycles. The molecule has 4 aliphatic heterocycles. The van der Waals surface area contributed by atoms with Gasteiger partial charge in [-0.05, 0) is 79.1 Å². The van der Waals surface area contributed by atoms with Crippen molar-refractivity contribution in [2.75, 3.05) is 95.4 Å². The minimum atomic E-state index is -4.39. The van der Waals surface area contributed by atoms with E-state index in [0.29, 0.717) is 42.7 Å². The molecule has 0 radical (unpaired) electrons. The van der Waals surface area contributed by atoms with Gasteiger partial charge in [0.15, 0.2) is 17.7 Å². The molecule has 3 aromatic carbocycles. The maximum Gasteiger partial charge on any atom is 0.335 e. The molecule has 464 valence electrons. The number of methoxy groups -OCH3 is 1. The van der Waals surface area contributed by atoms with Crippen molar-refractivity contribution in [3.63, 3.8) is 0 Å². The highest BCUT2D eigenvalue weighted by molar-refractivity contribution is 7.90. The van der Waals surface area contributed by atoms with Gasteiger partial charge in [-0.3, -0.25) is 33.7 Å². The number of alkyl halides is 1. The summed E-state index contributed by atoms with van der Waals surface area (Å²) in [6.07, 6.45) is 0.584. The number of nitrogens with zero attached hydrogens (tertiary/aromatic N) is 7. The molecule has 10 rings (SSSR count). The van der Waals surface area contributed by atoms with Crippen molar-refractivity contribution in [3.8, 4) is 21.6 Å². The van der Waals surface area contributed by atoms with Crippen LogP contribution in [0.2, 0.25) is 0 Å². The largest absolute Gasteiger partial charge is 0.458 e. The number of aromatic nitrogens is 3. The summed E-state index contributed by atoms with van der Waals surface area (Å²) in [6.45, 7) is 13.6. The second kappa shape index (κ2) is 26.7. The number of halogens is 3.